The van der Waals surface area contributed by atoms with E-state index in [4.69, 9.17) is 17.2 Å². The van der Waals surface area contributed by atoms with E-state index < -0.39 is 35.8 Å². The number of hydrogen-bond acceptors (Lipinski definition) is 6. The Hall–Kier alpha value is -4.61. The van der Waals surface area contributed by atoms with Crippen LogP contribution in [0.15, 0.2) is 59.6 Å². The Balaban J connectivity index is 2.24. The van der Waals surface area contributed by atoms with Gasteiger partial charge in [-0.2, -0.15) is 0 Å². The molecule has 3 unspecified atom stereocenters. The minimum Gasteiger partial charge on any atom is -0.508 e. The quantitative estimate of drug-likeness (QED) is 0.106. The summed E-state index contributed by atoms with van der Waals surface area (Å²) in [6.45, 7) is 1.55. The number of primary amides is 1. The molecule has 0 aliphatic heterocycles. The van der Waals surface area contributed by atoms with Crippen molar-refractivity contribution in [1.29, 1.82) is 0 Å². The average molecular weight is 540 g/mol. The van der Waals surface area contributed by atoms with Crippen molar-refractivity contribution in [3.05, 3.63) is 65.7 Å². The van der Waals surface area contributed by atoms with Crippen molar-refractivity contribution in [3.63, 3.8) is 0 Å². The summed E-state index contributed by atoms with van der Waals surface area (Å²) in [7, 11) is 1.49. The van der Waals surface area contributed by atoms with Crippen LogP contribution in [0, 0.1) is 0 Å². The average Bonchev–Trinajstić information content (AvgIpc) is 2.89. The molecule has 0 radical (unpaired) electrons. The third kappa shape index (κ3) is 10.3. The first-order valence-electron chi connectivity index (χ1n) is 12.5. The van der Waals surface area contributed by atoms with Gasteiger partial charge in [0.1, 0.15) is 23.9 Å². The van der Waals surface area contributed by atoms with Crippen LogP contribution in [-0.4, -0.2) is 71.3 Å². The summed E-state index contributed by atoms with van der Waals surface area (Å²) in [6.07, 6.45) is 0.817. The van der Waals surface area contributed by atoms with E-state index in [1.807, 2.05) is 30.3 Å². The number of phenols is 1. The molecule has 39 heavy (non-hydrogen) atoms. The maximum Gasteiger partial charge on any atom is 0.243 e. The summed E-state index contributed by atoms with van der Waals surface area (Å²) >= 11 is 0. The van der Waals surface area contributed by atoms with Crippen LogP contribution in [0.2, 0.25) is 0 Å². The molecule has 2 rings (SSSR count). The molecule has 0 bridgehead atoms. The highest BCUT2D eigenvalue weighted by Gasteiger charge is 2.31. The number of nitrogens with one attached hydrogen (secondary N) is 2. The van der Waals surface area contributed by atoms with Crippen molar-refractivity contribution in [3.8, 4) is 5.75 Å². The van der Waals surface area contributed by atoms with Gasteiger partial charge in [0.15, 0.2) is 5.96 Å². The van der Waals surface area contributed by atoms with Gasteiger partial charge in [-0.05, 0) is 36.1 Å². The van der Waals surface area contributed by atoms with Crippen molar-refractivity contribution in [1.82, 2.24) is 15.5 Å². The molecule has 0 heterocycles. The minimum atomic E-state index is -1.06. The Morgan fingerprint density at radius 1 is 0.872 bits per heavy atom. The maximum absolute atomic E-state index is 13.4. The third-order valence-corrected chi connectivity index (χ3v) is 6.15. The second kappa shape index (κ2) is 15.0. The van der Waals surface area contributed by atoms with E-state index >= 15 is 0 Å². The van der Waals surface area contributed by atoms with Gasteiger partial charge in [-0.15, -0.1) is 0 Å². The zero-order valence-corrected chi connectivity index (χ0v) is 22.2. The molecule has 0 saturated carbocycles. The van der Waals surface area contributed by atoms with Gasteiger partial charge in [-0.3, -0.25) is 24.2 Å². The van der Waals surface area contributed by atoms with Gasteiger partial charge >= 0.3 is 0 Å². The van der Waals surface area contributed by atoms with Gasteiger partial charge in [-0.25, -0.2) is 0 Å². The van der Waals surface area contributed by atoms with E-state index in [1.54, 1.807) is 12.1 Å². The number of rotatable bonds is 14. The van der Waals surface area contributed by atoms with Crippen LogP contribution in [0.1, 0.15) is 30.9 Å². The fourth-order valence-electron chi connectivity index (χ4n) is 3.87. The normalized spacial score (nSPS) is 12.9. The fourth-order valence-corrected chi connectivity index (χ4v) is 3.87. The topological polar surface area (TPSA) is 206 Å². The highest BCUT2D eigenvalue weighted by Crippen LogP contribution is 2.14. The van der Waals surface area contributed by atoms with E-state index in [9.17, 15) is 24.3 Å². The van der Waals surface area contributed by atoms with Crippen LogP contribution in [0.5, 0.6) is 5.75 Å². The standard InChI is InChI=1S/C27H37N7O5/c1-17(35)34(2)23(16-19-10-12-20(36)13-11-19)26(39)32-21(9-6-14-31-27(29)30)25(38)33-22(24(28)37)15-18-7-4-3-5-8-18/h3-5,7-8,10-13,21-23,36H,6,9,14-16H2,1-2H3,(H2,28,37)(H,32,39)(H,33,38)(H4,29,30,31). The SMILES string of the molecule is CC(=O)N(C)C(Cc1ccc(O)cc1)C(=O)NC(CCCN=C(N)N)C(=O)NC(Cc1ccccc1)C(N)=O. The lowest BCUT2D eigenvalue weighted by Crippen LogP contribution is -2.57. The van der Waals surface area contributed by atoms with Crippen LogP contribution < -0.4 is 27.8 Å². The molecule has 0 fully saturated rings. The smallest absolute Gasteiger partial charge is 0.243 e. The van der Waals surface area contributed by atoms with E-state index in [2.05, 4.69) is 15.6 Å². The molecule has 0 aliphatic rings. The number of guanidine groups is 1. The summed E-state index contributed by atoms with van der Waals surface area (Å²) in [4.78, 5) is 56.2. The molecule has 9 N–H and O–H groups in total. The van der Waals surface area contributed by atoms with E-state index in [1.165, 1.54) is 31.0 Å². The fraction of sp³-hybridized carbons (Fsp3) is 0.370. The number of hydrogen-bond donors (Lipinski definition) is 6. The number of aliphatic imine (C=N–C) groups is 1. The minimum absolute atomic E-state index is 0.0664. The number of aromatic hydroxyl groups is 1. The molecule has 4 amide bonds. The molecule has 3 atom stereocenters. The predicted octanol–water partition coefficient (Wildman–Crippen LogP) is -0.467. The van der Waals surface area contributed by atoms with Crippen molar-refractivity contribution in [2.45, 2.75) is 50.7 Å². The molecule has 12 heteroatoms. The monoisotopic (exact) mass is 539 g/mol. The lowest BCUT2D eigenvalue weighted by Gasteiger charge is -2.29. The number of amides is 4. The number of likely N-dealkylation sites (N-methyl/N-ethyl adjacent to an activating group) is 1. The van der Waals surface area contributed by atoms with Gasteiger partial charge in [0.25, 0.3) is 0 Å². The van der Waals surface area contributed by atoms with Gasteiger partial charge in [0.2, 0.25) is 23.6 Å². The van der Waals surface area contributed by atoms with Crippen LogP contribution >= 0.6 is 0 Å². The summed E-state index contributed by atoms with van der Waals surface area (Å²) in [5.74, 6) is -2.29. The Morgan fingerprint density at radius 2 is 1.46 bits per heavy atom. The van der Waals surface area contributed by atoms with E-state index in [0.29, 0.717) is 12.0 Å². The number of nitrogens with two attached hydrogens (primary N) is 3. The largest absolute Gasteiger partial charge is 0.508 e. The Kier molecular flexibility index (Phi) is 11.7. The van der Waals surface area contributed by atoms with Crippen LogP contribution in [0.25, 0.3) is 0 Å². The molecule has 0 spiro atoms. The highest BCUT2D eigenvalue weighted by atomic mass is 16.3. The third-order valence-electron chi connectivity index (χ3n) is 6.15. The zero-order chi connectivity index (χ0) is 28.9. The van der Waals surface area contributed by atoms with Gasteiger partial charge in [0.05, 0.1) is 0 Å². The molecule has 210 valence electrons. The summed E-state index contributed by atoms with van der Waals surface area (Å²) < 4.78 is 0. The molecule has 0 aromatic heterocycles. The van der Waals surface area contributed by atoms with Gasteiger partial charge in [-0.1, -0.05) is 42.5 Å². The molecular weight excluding hydrogens is 502 g/mol. The number of carbonyl (C=O) groups excluding carboxylic acids is 4. The summed E-state index contributed by atoms with van der Waals surface area (Å²) in [5, 5.41) is 14.9. The van der Waals surface area contributed by atoms with Crippen LogP contribution in [0.4, 0.5) is 0 Å². The van der Waals surface area contributed by atoms with Crippen LogP contribution in [-0.2, 0) is 32.0 Å². The second-order valence-electron chi connectivity index (χ2n) is 9.18. The van der Waals surface area contributed by atoms with E-state index in [-0.39, 0.29) is 43.4 Å². The lowest BCUT2D eigenvalue weighted by molar-refractivity contribution is -0.139. The number of benzene rings is 2. The Morgan fingerprint density at radius 3 is 2.03 bits per heavy atom. The van der Waals surface area contributed by atoms with E-state index in [0.717, 1.165) is 5.56 Å². The molecule has 12 nitrogen and oxygen atoms in total. The zero-order valence-electron chi connectivity index (χ0n) is 22.2. The first-order valence-corrected chi connectivity index (χ1v) is 12.5. The Labute approximate surface area is 227 Å². The summed E-state index contributed by atoms with van der Waals surface area (Å²) in [5.41, 5.74) is 17.8. The van der Waals surface area contributed by atoms with Crippen molar-refractivity contribution in [2.75, 3.05) is 13.6 Å². The molecule has 0 saturated heterocycles. The second-order valence-corrected chi connectivity index (χ2v) is 9.18. The first kappa shape index (κ1) is 30.6. The van der Waals surface area contributed by atoms with Crippen molar-refractivity contribution >= 4 is 29.6 Å². The number of phenolic OH excluding ortho intramolecular Hbond substituents is 1. The molecule has 2 aromatic rings. The molecule has 2 aromatic carbocycles. The molecule has 0 aliphatic carbocycles. The highest BCUT2D eigenvalue weighted by molar-refractivity contribution is 5.94. The predicted molar refractivity (Wildman–Crippen MR) is 147 cm³/mol. The first-order chi connectivity index (χ1) is 18.5. The van der Waals surface area contributed by atoms with Crippen LogP contribution in [0.3, 0.4) is 0 Å². The van der Waals surface area contributed by atoms with Gasteiger partial charge < -0.3 is 37.8 Å². The number of nitrogens with zero attached hydrogens (tertiary/aromatic N) is 2. The maximum atomic E-state index is 13.4. The molecular formula is C27H37N7O5. The van der Waals surface area contributed by atoms with Crippen molar-refractivity contribution in [2.24, 2.45) is 22.2 Å². The Bertz CT molecular complexity index is 1150. The number of carbonyl (C=O) groups is 4. The summed E-state index contributed by atoms with van der Waals surface area (Å²) in [6, 6.07) is 12.3. The van der Waals surface area contributed by atoms with Crippen molar-refractivity contribution < 1.29 is 24.3 Å². The van der Waals surface area contributed by atoms with Gasteiger partial charge in [0, 0.05) is 33.4 Å². The lowest BCUT2D eigenvalue weighted by atomic mass is 10.0.